The minimum Gasteiger partial charge on any atom is -0.413 e. The summed E-state index contributed by atoms with van der Waals surface area (Å²) < 4.78 is 18.4. The highest BCUT2D eigenvalue weighted by Crippen LogP contribution is 2.53. The lowest BCUT2D eigenvalue weighted by atomic mass is 9.66. The molecule has 0 aromatic carbocycles. The number of aliphatic hydroxyl groups is 1. The number of ether oxygens (including phenoxy) is 2. The Morgan fingerprint density at radius 3 is 2.44 bits per heavy atom. The van der Waals surface area contributed by atoms with Crippen LogP contribution >= 0.6 is 0 Å². The van der Waals surface area contributed by atoms with E-state index < -0.39 is 20.2 Å². The van der Waals surface area contributed by atoms with Crippen molar-refractivity contribution < 1.29 is 19.0 Å². The van der Waals surface area contributed by atoms with E-state index in [1.807, 2.05) is 6.08 Å². The van der Waals surface area contributed by atoms with Crippen LogP contribution < -0.4 is 0 Å². The van der Waals surface area contributed by atoms with Gasteiger partial charge in [0.15, 0.2) is 14.1 Å². The topological polar surface area (TPSA) is 47.9 Å². The molecule has 1 atom stereocenters. The lowest BCUT2D eigenvalue weighted by Gasteiger charge is -2.48. The molecule has 1 aliphatic carbocycles. The standard InChI is InChI=1S/C27H48O4Si/c1-21(15-17-31-32(8,9)25(3,4)5)12-10-11-13-23(28)20-24-22(2)14-16-27(26(24,6)7)29-18-19-30-27/h11,13,15,23,28H,10,12,14,16-20H2,1-9H3/b13-11+,21-15+. The molecule has 0 saturated carbocycles. The van der Waals surface area contributed by atoms with Gasteiger partial charge < -0.3 is 19.0 Å². The highest BCUT2D eigenvalue weighted by atomic mass is 28.4. The van der Waals surface area contributed by atoms with Crippen molar-refractivity contribution in [1.29, 1.82) is 0 Å². The first-order valence-corrected chi connectivity index (χ1v) is 15.2. The molecule has 1 fully saturated rings. The zero-order valence-electron chi connectivity index (χ0n) is 22.1. The van der Waals surface area contributed by atoms with Crippen LogP contribution in [-0.2, 0) is 13.9 Å². The quantitative estimate of drug-likeness (QED) is 0.297. The van der Waals surface area contributed by atoms with Gasteiger partial charge in [-0.05, 0) is 57.7 Å². The van der Waals surface area contributed by atoms with Crippen LogP contribution in [0.3, 0.4) is 0 Å². The lowest BCUT2D eigenvalue weighted by Crippen LogP contribution is -2.50. The van der Waals surface area contributed by atoms with E-state index in [1.165, 1.54) is 16.7 Å². The molecule has 4 nitrogen and oxygen atoms in total. The molecule has 1 unspecified atom stereocenters. The van der Waals surface area contributed by atoms with Crippen molar-refractivity contribution in [3.8, 4) is 0 Å². The van der Waals surface area contributed by atoms with E-state index in [9.17, 15) is 5.11 Å². The monoisotopic (exact) mass is 464 g/mol. The summed E-state index contributed by atoms with van der Waals surface area (Å²) in [7, 11) is -1.69. The lowest BCUT2D eigenvalue weighted by molar-refractivity contribution is -0.225. The second-order valence-electron chi connectivity index (χ2n) is 11.7. The minimum atomic E-state index is -1.69. The van der Waals surface area contributed by atoms with Crippen LogP contribution in [0, 0.1) is 5.41 Å². The van der Waals surface area contributed by atoms with Crippen molar-refractivity contribution in [2.24, 2.45) is 5.41 Å². The Balaban J connectivity index is 1.84. The van der Waals surface area contributed by atoms with Crippen molar-refractivity contribution in [3.05, 3.63) is 34.9 Å². The van der Waals surface area contributed by atoms with Crippen LogP contribution in [0.15, 0.2) is 34.9 Å². The molecular formula is C27H48O4Si. The first-order chi connectivity index (χ1) is 14.7. The fourth-order valence-electron chi connectivity index (χ4n) is 4.52. The first kappa shape index (κ1) is 27.5. The van der Waals surface area contributed by atoms with Gasteiger partial charge in [0, 0.05) is 11.8 Å². The van der Waals surface area contributed by atoms with Crippen molar-refractivity contribution in [3.63, 3.8) is 0 Å². The maximum Gasteiger partial charge on any atom is 0.192 e. The molecule has 184 valence electrons. The zero-order valence-corrected chi connectivity index (χ0v) is 23.1. The van der Waals surface area contributed by atoms with E-state index >= 15 is 0 Å². The van der Waals surface area contributed by atoms with Gasteiger partial charge in [-0.15, -0.1) is 0 Å². The van der Waals surface area contributed by atoms with Gasteiger partial charge >= 0.3 is 0 Å². The molecule has 0 amide bonds. The summed E-state index contributed by atoms with van der Waals surface area (Å²) in [4.78, 5) is 0. The SMILES string of the molecule is CC1=C(CC(O)/C=C/CC/C(C)=C/CO[Si](C)(C)C(C)(C)C)C(C)(C)C2(CC1)OCCO2. The molecule has 1 heterocycles. The summed E-state index contributed by atoms with van der Waals surface area (Å²) in [6.07, 6.45) is 10.2. The largest absolute Gasteiger partial charge is 0.413 e. The van der Waals surface area contributed by atoms with Crippen LogP contribution in [0.5, 0.6) is 0 Å². The number of hydrogen-bond donors (Lipinski definition) is 1. The Bertz CT molecular complexity index is 718. The molecule has 1 spiro atoms. The first-order valence-electron chi connectivity index (χ1n) is 12.3. The Morgan fingerprint density at radius 1 is 1.22 bits per heavy atom. The van der Waals surface area contributed by atoms with Gasteiger partial charge in [-0.3, -0.25) is 0 Å². The maximum atomic E-state index is 10.7. The van der Waals surface area contributed by atoms with Crippen molar-refractivity contribution in [2.45, 2.75) is 111 Å². The average Bonchev–Trinajstić information content (AvgIpc) is 3.16. The Morgan fingerprint density at radius 2 is 1.84 bits per heavy atom. The second kappa shape index (κ2) is 10.7. The number of allylic oxidation sites excluding steroid dienone is 3. The molecule has 5 heteroatoms. The summed E-state index contributed by atoms with van der Waals surface area (Å²) >= 11 is 0. The predicted octanol–water partition coefficient (Wildman–Crippen LogP) is 6.92. The molecular weight excluding hydrogens is 416 g/mol. The second-order valence-corrected chi connectivity index (χ2v) is 16.5. The van der Waals surface area contributed by atoms with Crippen LogP contribution in [0.25, 0.3) is 0 Å². The van der Waals surface area contributed by atoms with E-state index in [-0.39, 0.29) is 10.5 Å². The molecule has 2 rings (SSSR count). The summed E-state index contributed by atoms with van der Waals surface area (Å²) in [5, 5.41) is 11.0. The van der Waals surface area contributed by atoms with Gasteiger partial charge in [-0.25, -0.2) is 0 Å². The predicted molar refractivity (Wildman–Crippen MR) is 136 cm³/mol. The van der Waals surface area contributed by atoms with Gasteiger partial charge in [0.2, 0.25) is 0 Å². The third-order valence-electron chi connectivity index (χ3n) is 7.96. The molecule has 0 aromatic heterocycles. The highest BCUT2D eigenvalue weighted by molar-refractivity contribution is 6.74. The number of aliphatic hydroxyl groups excluding tert-OH is 1. The highest BCUT2D eigenvalue weighted by Gasteiger charge is 2.54. The van der Waals surface area contributed by atoms with Gasteiger partial charge in [0.25, 0.3) is 0 Å². The fraction of sp³-hybridized carbons (Fsp3) is 0.778. The Kier molecular flexibility index (Phi) is 9.19. The average molecular weight is 465 g/mol. The third-order valence-corrected chi connectivity index (χ3v) is 12.5. The normalized spacial score (nSPS) is 22.9. The maximum absolute atomic E-state index is 10.7. The fourth-order valence-corrected chi connectivity index (χ4v) is 5.45. The molecule has 32 heavy (non-hydrogen) atoms. The van der Waals surface area contributed by atoms with Crippen molar-refractivity contribution in [1.82, 2.24) is 0 Å². The Labute approximate surface area is 198 Å². The van der Waals surface area contributed by atoms with Gasteiger partial charge in [0.05, 0.1) is 25.9 Å². The van der Waals surface area contributed by atoms with Gasteiger partial charge in [-0.1, -0.05) is 69.6 Å². The van der Waals surface area contributed by atoms with Crippen LogP contribution in [0.1, 0.15) is 80.6 Å². The van der Waals surface area contributed by atoms with Crippen LogP contribution in [-0.4, -0.2) is 45.1 Å². The molecule has 2 aliphatic rings. The number of rotatable bonds is 9. The Hall–Kier alpha value is -0.723. The van der Waals surface area contributed by atoms with E-state index in [2.05, 4.69) is 73.7 Å². The minimum absolute atomic E-state index is 0.232. The molecule has 1 N–H and O–H groups in total. The van der Waals surface area contributed by atoms with Crippen molar-refractivity contribution in [2.75, 3.05) is 19.8 Å². The molecule has 1 saturated heterocycles. The summed E-state index contributed by atoms with van der Waals surface area (Å²) in [5.41, 5.74) is 3.76. The van der Waals surface area contributed by atoms with Crippen LogP contribution in [0.2, 0.25) is 18.1 Å². The molecule has 0 radical (unpaired) electrons. The van der Waals surface area contributed by atoms with E-state index in [0.29, 0.717) is 26.2 Å². The third kappa shape index (κ3) is 6.44. The zero-order chi connectivity index (χ0) is 24.2. The van der Waals surface area contributed by atoms with Gasteiger partial charge in [0.1, 0.15) is 0 Å². The molecule has 0 bridgehead atoms. The van der Waals surface area contributed by atoms with E-state index in [1.54, 1.807) is 0 Å². The smallest absolute Gasteiger partial charge is 0.192 e. The van der Waals surface area contributed by atoms with Crippen LogP contribution in [0.4, 0.5) is 0 Å². The van der Waals surface area contributed by atoms with E-state index in [0.717, 1.165) is 25.7 Å². The van der Waals surface area contributed by atoms with Gasteiger partial charge in [-0.2, -0.15) is 0 Å². The molecule has 1 aliphatic heterocycles. The summed E-state index contributed by atoms with van der Waals surface area (Å²) in [6.45, 7) is 22.2. The summed E-state index contributed by atoms with van der Waals surface area (Å²) in [6, 6.07) is 0. The summed E-state index contributed by atoms with van der Waals surface area (Å²) in [5.74, 6) is -0.528. The van der Waals surface area contributed by atoms with E-state index in [4.69, 9.17) is 13.9 Å². The number of hydrogen-bond acceptors (Lipinski definition) is 4. The molecule has 0 aromatic rings. The van der Waals surface area contributed by atoms with Crippen molar-refractivity contribution >= 4 is 8.32 Å².